The molecule has 2 N–H and O–H groups in total. The first-order valence-electron chi connectivity index (χ1n) is 6.54. The van der Waals surface area contributed by atoms with E-state index in [0.29, 0.717) is 18.3 Å². The molecule has 1 aliphatic rings. The van der Waals surface area contributed by atoms with Gasteiger partial charge in [-0.25, -0.2) is 4.39 Å². The van der Waals surface area contributed by atoms with Crippen molar-refractivity contribution in [3.8, 4) is 0 Å². The lowest BCUT2D eigenvalue weighted by atomic mass is 10.1. The number of thiophene rings is 1. The van der Waals surface area contributed by atoms with Gasteiger partial charge in [0.05, 0.1) is 5.69 Å². The summed E-state index contributed by atoms with van der Waals surface area (Å²) in [7, 11) is 0. The van der Waals surface area contributed by atoms with Gasteiger partial charge in [-0.15, -0.1) is 0 Å². The summed E-state index contributed by atoms with van der Waals surface area (Å²) in [6.07, 6.45) is 2.28. The number of benzene rings is 1. The van der Waals surface area contributed by atoms with Crippen LogP contribution in [0.15, 0.2) is 35.0 Å². The SMILES string of the molecule is NCc1cccc(F)c1N(Cc1ccsc1)C1CC1. The molecule has 0 saturated heterocycles. The Morgan fingerprint density at radius 3 is 2.79 bits per heavy atom. The minimum absolute atomic E-state index is 0.162. The number of hydrogen-bond donors (Lipinski definition) is 1. The zero-order chi connectivity index (χ0) is 13.2. The second-order valence-corrected chi connectivity index (χ2v) is 5.72. The molecule has 0 atom stereocenters. The van der Waals surface area contributed by atoms with Crippen LogP contribution in [-0.4, -0.2) is 6.04 Å². The van der Waals surface area contributed by atoms with Gasteiger partial charge in [-0.2, -0.15) is 11.3 Å². The third kappa shape index (κ3) is 2.65. The number of nitrogens with two attached hydrogens (primary N) is 1. The second kappa shape index (κ2) is 5.31. The molecule has 4 heteroatoms. The van der Waals surface area contributed by atoms with Gasteiger partial charge in [-0.1, -0.05) is 12.1 Å². The predicted molar refractivity (Wildman–Crippen MR) is 77.8 cm³/mol. The Morgan fingerprint density at radius 1 is 1.32 bits per heavy atom. The van der Waals surface area contributed by atoms with Crippen molar-refractivity contribution in [2.24, 2.45) is 5.73 Å². The largest absolute Gasteiger partial charge is 0.362 e. The van der Waals surface area contributed by atoms with Gasteiger partial charge in [0.15, 0.2) is 0 Å². The van der Waals surface area contributed by atoms with E-state index in [9.17, 15) is 4.39 Å². The molecule has 100 valence electrons. The highest BCUT2D eigenvalue weighted by atomic mass is 32.1. The first-order chi connectivity index (χ1) is 9.29. The summed E-state index contributed by atoms with van der Waals surface area (Å²) >= 11 is 1.68. The number of nitrogens with zero attached hydrogens (tertiary/aromatic N) is 1. The monoisotopic (exact) mass is 276 g/mol. The van der Waals surface area contributed by atoms with Gasteiger partial charge in [0.1, 0.15) is 5.82 Å². The van der Waals surface area contributed by atoms with Crippen molar-refractivity contribution in [1.29, 1.82) is 0 Å². The third-order valence-corrected chi connectivity index (χ3v) is 4.23. The van der Waals surface area contributed by atoms with Crippen LogP contribution in [0.5, 0.6) is 0 Å². The molecule has 0 aliphatic heterocycles. The Bertz CT molecular complexity index is 549. The van der Waals surface area contributed by atoms with Crippen LogP contribution in [-0.2, 0) is 13.1 Å². The topological polar surface area (TPSA) is 29.3 Å². The number of rotatable bonds is 5. The Balaban J connectivity index is 1.96. The fourth-order valence-electron chi connectivity index (χ4n) is 2.40. The first kappa shape index (κ1) is 12.6. The molecule has 1 fully saturated rings. The molecule has 0 bridgehead atoms. The maximum atomic E-state index is 14.2. The Hall–Kier alpha value is -1.39. The zero-order valence-corrected chi connectivity index (χ0v) is 11.5. The maximum Gasteiger partial charge on any atom is 0.146 e. The van der Waals surface area contributed by atoms with Crippen LogP contribution < -0.4 is 10.6 Å². The standard InChI is InChI=1S/C15H17FN2S/c16-14-3-1-2-12(8-17)15(14)18(13-4-5-13)9-11-6-7-19-10-11/h1-3,6-7,10,13H,4-5,8-9,17H2. The summed E-state index contributed by atoms with van der Waals surface area (Å²) in [5, 5.41) is 4.18. The van der Waals surface area contributed by atoms with Crippen LogP contribution in [0.4, 0.5) is 10.1 Å². The molecule has 0 radical (unpaired) electrons. The van der Waals surface area contributed by atoms with Gasteiger partial charge in [-0.05, 0) is 46.9 Å². The van der Waals surface area contributed by atoms with E-state index < -0.39 is 0 Å². The van der Waals surface area contributed by atoms with Crippen molar-refractivity contribution in [2.45, 2.75) is 32.0 Å². The Labute approximate surface area is 116 Å². The second-order valence-electron chi connectivity index (χ2n) is 4.94. The Kier molecular flexibility index (Phi) is 3.53. The van der Waals surface area contributed by atoms with E-state index in [1.807, 2.05) is 6.07 Å². The van der Waals surface area contributed by atoms with Crippen LogP contribution in [0.2, 0.25) is 0 Å². The molecule has 1 saturated carbocycles. The molecule has 1 heterocycles. The molecule has 0 unspecified atom stereocenters. The lowest BCUT2D eigenvalue weighted by Crippen LogP contribution is -2.27. The zero-order valence-electron chi connectivity index (χ0n) is 10.7. The average molecular weight is 276 g/mol. The van der Waals surface area contributed by atoms with Crippen LogP contribution in [0.25, 0.3) is 0 Å². The summed E-state index contributed by atoms with van der Waals surface area (Å²) in [6, 6.07) is 7.74. The van der Waals surface area contributed by atoms with E-state index in [-0.39, 0.29) is 5.82 Å². The predicted octanol–water partition coefficient (Wildman–Crippen LogP) is 3.51. The molecule has 0 amide bonds. The van der Waals surface area contributed by atoms with E-state index >= 15 is 0 Å². The fourth-order valence-corrected chi connectivity index (χ4v) is 3.06. The van der Waals surface area contributed by atoms with E-state index in [1.54, 1.807) is 17.4 Å². The Morgan fingerprint density at radius 2 is 2.16 bits per heavy atom. The van der Waals surface area contributed by atoms with Gasteiger partial charge < -0.3 is 10.6 Å². The van der Waals surface area contributed by atoms with Gasteiger partial charge >= 0.3 is 0 Å². The fraction of sp³-hybridized carbons (Fsp3) is 0.333. The van der Waals surface area contributed by atoms with E-state index in [1.165, 1.54) is 11.6 Å². The van der Waals surface area contributed by atoms with Crippen molar-refractivity contribution >= 4 is 17.0 Å². The lowest BCUT2D eigenvalue weighted by molar-refractivity contribution is 0.611. The maximum absolute atomic E-state index is 14.2. The highest BCUT2D eigenvalue weighted by molar-refractivity contribution is 7.07. The molecular formula is C15H17FN2S. The van der Waals surface area contributed by atoms with Crippen molar-refractivity contribution in [2.75, 3.05) is 4.90 Å². The highest BCUT2D eigenvalue weighted by Gasteiger charge is 2.31. The van der Waals surface area contributed by atoms with Gasteiger partial charge in [-0.3, -0.25) is 0 Å². The van der Waals surface area contributed by atoms with E-state index in [0.717, 1.165) is 24.9 Å². The van der Waals surface area contributed by atoms with Crippen molar-refractivity contribution in [3.63, 3.8) is 0 Å². The number of hydrogen-bond acceptors (Lipinski definition) is 3. The molecule has 1 aromatic carbocycles. The van der Waals surface area contributed by atoms with E-state index in [2.05, 4.69) is 21.7 Å². The summed E-state index contributed by atoms with van der Waals surface area (Å²) in [5.41, 5.74) is 8.58. The summed E-state index contributed by atoms with van der Waals surface area (Å²) < 4.78 is 14.2. The number of halogens is 1. The van der Waals surface area contributed by atoms with Crippen molar-refractivity contribution < 1.29 is 4.39 Å². The molecule has 0 spiro atoms. The minimum atomic E-state index is -0.162. The molecule has 1 aliphatic carbocycles. The lowest BCUT2D eigenvalue weighted by Gasteiger charge is -2.27. The number of para-hydroxylation sites is 1. The highest BCUT2D eigenvalue weighted by Crippen LogP contribution is 2.36. The molecular weight excluding hydrogens is 259 g/mol. The summed E-state index contributed by atoms with van der Waals surface area (Å²) in [4.78, 5) is 2.18. The minimum Gasteiger partial charge on any atom is -0.362 e. The van der Waals surface area contributed by atoms with E-state index in [4.69, 9.17) is 5.73 Å². The molecule has 19 heavy (non-hydrogen) atoms. The molecule has 2 nitrogen and oxygen atoms in total. The number of anilines is 1. The molecule has 1 aromatic heterocycles. The quantitative estimate of drug-likeness (QED) is 0.905. The summed E-state index contributed by atoms with van der Waals surface area (Å²) in [5.74, 6) is -0.162. The van der Waals surface area contributed by atoms with Crippen LogP contribution >= 0.6 is 11.3 Å². The van der Waals surface area contributed by atoms with Gasteiger partial charge in [0, 0.05) is 19.1 Å². The first-order valence-corrected chi connectivity index (χ1v) is 7.49. The average Bonchev–Trinajstić information content (AvgIpc) is 3.14. The van der Waals surface area contributed by atoms with Crippen LogP contribution in [0.3, 0.4) is 0 Å². The van der Waals surface area contributed by atoms with Crippen molar-refractivity contribution in [1.82, 2.24) is 0 Å². The molecule has 2 aromatic rings. The molecule has 3 rings (SSSR count). The van der Waals surface area contributed by atoms with Gasteiger partial charge in [0.25, 0.3) is 0 Å². The van der Waals surface area contributed by atoms with Crippen molar-refractivity contribution in [3.05, 3.63) is 52.0 Å². The smallest absolute Gasteiger partial charge is 0.146 e. The van der Waals surface area contributed by atoms with Crippen LogP contribution in [0.1, 0.15) is 24.0 Å². The van der Waals surface area contributed by atoms with Gasteiger partial charge in [0.2, 0.25) is 0 Å². The summed E-state index contributed by atoms with van der Waals surface area (Å²) in [6.45, 7) is 1.14. The third-order valence-electron chi connectivity index (χ3n) is 3.50. The normalized spacial score (nSPS) is 14.6. The van der Waals surface area contributed by atoms with Crippen LogP contribution in [0, 0.1) is 5.82 Å².